The van der Waals surface area contributed by atoms with Gasteiger partial charge in [-0.1, -0.05) is 78.1 Å². The Labute approximate surface area is 194 Å². The Morgan fingerprint density at radius 3 is 1.78 bits per heavy atom. The molecule has 0 aromatic heterocycles. The molecule has 0 aromatic rings. The summed E-state index contributed by atoms with van der Waals surface area (Å²) in [6.07, 6.45) is 7.03. The molecule has 0 aliphatic carbocycles. The number of hydrogen-bond donors (Lipinski definition) is 5. The van der Waals surface area contributed by atoms with Gasteiger partial charge in [-0.05, 0) is 18.8 Å². The second-order valence-electron chi connectivity index (χ2n) is 9.03. The molecule has 0 aliphatic rings. The Hall–Kier alpha value is -0.930. The molecule has 8 heteroatoms. The van der Waals surface area contributed by atoms with Gasteiger partial charge >= 0.3 is 6.09 Å². The number of carbonyl (C=O) groups excluding carboxylic acids is 1. The van der Waals surface area contributed by atoms with Crippen molar-refractivity contribution in [3.8, 4) is 0 Å². The van der Waals surface area contributed by atoms with Gasteiger partial charge in [-0.25, -0.2) is 4.79 Å². The summed E-state index contributed by atoms with van der Waals surface area (Å²) in [5, 5.41) is 47.9. The predicted octanol–water partition coefficient (Wildman–Crippen LogP) is 2.83. The third-order valence-corrected chi connectivity index (χ3v) is 5.97. The number of aliphatic hydroxyl groups is 5. The lowest BCUT2D eigenvalue weighted by molar-refractivity contribution is -0.117. The summed E-state index contributed by atoms with van der Waals surface area (Å²) < 4.78 is 5.47. The molecule has 192 valence electrons. The number of unbranched alkanes of at least 4 members (excludes halogenated alkanes) is 8. The second-order valence-corrected chi connectivity index (χ2v) is 9.03. The molecule has 0 saturated carbocycles. The van der Waals surface area contributed by atoms with Crippen molar-refractivity contribution >= 4 is 6.09 Å². The van der Waals surface area contributed by atoms with Crippen LogP contribution in [0.25, 0.3) is 0 Å². The van der Waals surface area contributed by atoms with Crippen LogP contribution < -0.4 is 0 Å². The topological polar surface area (TPSA) is 131 Å². The van der Waals surface area contributed by atoms with E-state index in [4.69, 9.17) is 9.84 Å². The Morgan fingerprint density at radius 2 is 1.25 bits per heavy atom. The van der Waals surface area contributed by atoms with Crippen LogP contribution in [-0.2, 0) is 4.74 Å². The van der Waals surface area contributed by atoms with Gasteiger partial charge in [-0.2, -0.15) is 0 Å². The number of rotatable bonds is 20. The predicted molar refractivity (Wildman–Crippen MR) is 125 cm³/mol. The molecule has 5 atom stereocenters. The van der Waals surface area contributed by atoms with Crippen molar-refractivity contribution < 1.29 is 35.1 Å². The van der Waals surface area contributed by atoms with E-state index in [9.17, 15) is 25.2 Å². The van der Waals surface area contributed by atoms with E-state index in [2.05, 4.69) is 13.8 Å². The van der Waals surface area contributed by atoms with E-state index in [1.807, 2.05) is 0 Å². The van der Waals surface area contributed by atoms with Crippen molar-refractivity contribution in [2.75, 3.05) is 26.8 Å². The molecular weight excluding hydrogens is 414 g/mol. The molecule has 5 unspecified atom stereocenters. The minimum absolute atomic E-state index is 0.270. The third kappa shape index (κ3) is 14.3. The summed E-state index contributed by atoms with van der Waals surface area (Å²) in [5.74, 6) is 0.312. The van der Waals surface area contributed by atoms with Crippen molar-refractivity contribution in [2.24, 2.45) is 5.92 Å². The van der Waals surface area contributed by atoms with Crippen LogP contribution in [-0.4, -0.2) is 87.7 Å². The maximum absolute atomic E-state index is 12.3. The van der Waals surface area contributed by atoms with Gasteiger partial charge in [0.2, 0.25) is 0 Å². The fraction of sp³-hybridized carbons (Fsp3) is 0.958. The second kappa shape index (κ2) is 19.5. The summed E-state index contributed by atoms with van der Waals surface area (Å²) in [6.45, 7) is 3.70. The Morgan fingerprint density at radius 1 is 0.781 bits per heavy atom. The molecule has 0 bridgehead atoms. The highest BCUT2D eigenvalue weighted by Gasteiger charge is 2.31. The zero-order chi connectivity index (χ0) is 24.4. The monoisotopic (exact) mass is 463 g/mol. The lowest BCUT2D eigenvalue weighted by Gasteiger charge is -2.28. The molecule has 0 aromatic carbocycles. The van der Waals surface area contributed by atoms with Crippen LogP contribution in [0.3, 0.4) is 0 Å². The Balaban J connectivity index is 4.49. The van der Waals surface area contributed by atoms with Gasteiger partial charge in [0.15, 0.2) is 0 Å². The van der Waals surface area contributed by atoms with Crippen LogP contribution in [0, 0.1) is 5.92 Å². The van der Waals surface area contributed by atoms with Crippen molar-refractivity contribution in [2.45, 2.75) is 115 Å². The van der Waals surface area contributed by atoms with Gasteiger partial charge < -0.3 is 35.2 Å². The van der Waals surface area contributed by atoms with Crippen molar-refractivity contribution in [3.63, 3.8) is 0 Å². The van der Waals surface area contributed by atoms with Crippen LogP contribution in [0.2, 0.25) is 0 Å². The number of amides is 1. The van der Waals surface area contributed by atoms with Crippen LogP contribution in [0.1, 0.15) is 90.9 Å². The lowest BCUT2D eigenvalue weighted by atomic mass is 9.95. The molecule has 5 N–H and O–H groups in total. The van der Waals surface area contributed by atoms with Crippen LogP contribution in [0.15, 0.2) is 0 Å². The quantitative estimate of drug-likeness (QED) is 0.175. The van der Waals surface area contributed by atoms with Gasteiger partial charge in [0.1, 0.15) is 24.4 Å². The van der Waals surface area contributed by atoms with E-state index in [1.54, 1.807) is 0 Å². The minimum atomic E-state index is -1.72. The van der Waals surface area contributed by atoms with E-state index in [1.165, 1.54) is 58.4 Å². The number of hydrogen-bond acceptors (Lipinski definition) is 7. The number of carbonyl (C=O) groups is 1. The maximum Gasteiger partial charge on any atom is 0.409 e. The number of aliphatic hydroxyl groups excluding tert-OH is 5. The molecule has 32 heavy (non-hydrogen) atoms. The van der Waals surface area contributed by atoms with E-state index in [-0.39, 0.29) is 6.54 Å². The number of likely N-dealkylation sites (N-methyl/N-ethyl adjacent to an activating group) is 1. The first-order valence-corrected chi connectivity index (χ1v) is 12.5. The van der Waals surface area contributed by atoms with Crippen molar-refractivity contribution in [3.05, 3.63) is 0 Å². The van der Waals surface area contributed by atoms with Crippen molar-refractivity contribution in [1.29, 1.82) is 0 Å². The summed E-state index contributed by atoms with van der Waals surface area (Å²) in [4.78, 5) is 13.5. The molecule has 1 amide bonds. The molecule has 0 rings (SSSR count). The maximum atomic E-state index is 12.3. The average Bonchev–Trinajstić information content (AvgIpc) is 2.79. The van der Waals surface area contributed by atoms with Crippen LogP contribution in [0.4, 0.5) is 4.79 Å². The SMILES string of the molecule is CCCCCCCCC(CCCCCC)COC(=O)N(C)CC(O)C(O)C(O)C(O)CO. The van der Waals surface area contributed by atoms with E-state index < -0.39 is 37.1 Å². The van der Waals surface area contributed by atoms with E-state index in [0.717, 1.165) is 30.6 Å². The zero-order valence-corrected chi connectivity index (χ0v) is 20.5. The van der Waals surface area contributed by atoms with Gasteiger partial charge in [-0.3, -0.25) is 0 Å². The summed E-state index contributed by atoms with van der Waals surface area (Å²) in [5.41, 5.74) is 0. The lowest BCUT2D eigenvalue weighted by Crippen LogP contribution is -2.50. The fourth-order valence-electron chi connectivity index (χ4n) is 3.71. The van der Waals surface area contributed by atoms with Gasteiger partial charge in [0, 0.05) is 7.05 Å². The van der Waals surface area contributed by atoms with Crippen LogP contribution in [0.5, 0.6) is 0 Å². The first-order valence-electron chi connectivity index (χ1n) is 12.5. The Kier molecular flexibility index (Phi) is 19.0. The average molecular weight is 464 g/mol. The van der Waals surface area contributed by atoms with Crippen LogP contribution >= 0.6 is 0 Å². The van der Waals surface area contributed by atoms with Gasteiger partial charge in [0.05, 0.1) is 19.8 Å². The normalized spacial score (nSPS) is 16.2. The molecule has 0 heterocycles. The molecule has 0 aliphatic heterocycles. The standard InChI is InChI=1S/C24H49NO7/c1-4-6-8-10-11-13-15-19(14-12-9-7-5-2)18-32-24(31)25(3)16-20(27)22(29)23(30)21(28)17-26/h19-23,26-30H,4-18H2,1-3H3. The van der Waals surface area contributed by atoms with Crippen molar-refractivity contribution in [1.82, 2.24) is 4.90 Å². The highest BCUT2D eigenvalue weighted by Crippen LogP contribution is 2.20. The molecule has 8 nitrogen and oxygen atoms in total. The molecule has 0 fully saturated rings. The summed E-state index contributed by atoms with van der Waals surface area (Å²) >= 11 is 0. The highest BCUT2D eigenvalue weighted by molar-refractivity contribution is 5.67. The number of nitrogens with zero attached hydrogens (tertiary/aromatic N) is 1. The Bertz CT molecular complexity index is 452. The molecule has 0 spiro atoms. The van der Waals surface area contributed by atoms with Gasteiger partial charge in [0.25, 0.3) is 0 Å². The van der Waals surface area contributed by atoms with Gasteiger partial charge in [-0.15, -0.1) is 0 Å². The first kappa shape index (κ1) is 31.1. The largest absolute Gasteiger partial charge is 0.449 e. The number of ether oxygens (including phenoxy) is 1. The molecule has 0 radical (unpaired) electrons. The smallest absolute Gasteiger partial charge is 0.409 e. The molecule has 0 saturated heterocycles. The summed E-state index contributed by atoms with van der Waals surface area (Å²) in [6, 6.07) is 0. The van der Waals surface area contributed by atoms with E-state index in [0.29, 0.717) is 12.5 Å². The summed E-state index contributed by atoms with van der Waals surface area (Å²) in [7, 11) is 1.44. The van der Waals surface area contributed by atoms with E-state index >= 15 is 0 Å². The highest BCUT2D eigenvalue weighted by atomic mass is 16.6. The third-order valence-electron chi connectivity index (χ3n) is 5.97. The minimum Gasteiger partial charge on any atom is -0.449 e. The fourth-order valence-corrected chi connectivity index (χ4v) is 3.71. The first-order chi connectivity index (χ1) is 15.3. The molecular formula is C24H49NO7. The zero-order valence-electron chi connectivity index (χ0n) is 20.5.